The van der Waals surface area contributed by atoms with Gasteiger partial charge in [0.2, 0.25) is 0 Å². The Morgan fingerprint density at radius 1 is 1.29 bits per heavy atom. The topological polar surface area (TPSA) is 45.7 Å². The molecule has 0 atom stereocenters. The van der Waals surface area contributed by atoms with E-state index in [0.717, 1.165) is 41.8 Å². The lowest BCUT2D eigenvalue weighted by Crippen LogP contribution is -2.41. The molecule has 1 fully saturated rings. The van der Waals surface area contributed by atoms with Crippen molar-refractivity contribution < 1.29 is 4.84 Å². The van der Waals surface area contributed by atoms with E-state index in [1.165, 1.54) is 0 Å². The number of nitrogens with zero attached hydrogens (tertiary/aromatic N) is 1. The first-order valence-electron chi connectivity index (χ1n) is 5.78. The first-order chi connectivity index (χ1) is 8.27. The molecule has 0 aliphatic carbocycles. The summed E-state index contributed by atoms with van der Waals surface area (Å²) in [6, 6.07) is 8.06. The Balaban J connectivity index is 1.87. The smallest absolute Gasteiger partial charge is 0.190 e. The molecule has 0 unspecified atom stereocenters. The van der Waals surface area contributed by atoms with Crippen molar-refractivity contribution in [3.05, 3.63) is 34.3 Å². The second kappa shape index (κ2) is 4.40. The minimum absolute atomic E-state index is 0.358. The Morgan fingerprint density at radius 2 is 2.12 bits per heavy atom. The fourth-order valence-corrected chi connectivity index (χ4v) is 2.58. The summed E-state index contributed by atoms with van der Waals surface area (Å²) in [4.78, 5) is 10.4. The van der Waals surface area contributed by atoms with Crippen molar-refractivity contribution in [2.45, 2.75) is 18.6 Å². The number of halogens is 1. The highest BCUT2D eigenvalue weighted by atomic mass is 79.9. The van der Waals surface area contributed by atoms with Gasteiger partial charge in [-0.2, -0.15) is 0 Å². The van der Waals surface area contributed by atoms with E-state index in [-0.39, 0.29) is 5.72 Å². The summed E-state index contributed by atoms with van der Waals surface area (Å²) in [5.41, 5.74) is 3.65. The first-order valence-corrected chi connectivity index (χ1v) is 6.57. The largest absolute Gasteiger partial charge is 0.316 e. The maximum Gasteiger partial charge on any atom is 0.190 e. The van der Waals surface area contributed by atoms with Crippen molar-refractivity contribution in [2.75, 3.05) is 13.1 Å². The van der Waals surface area contributed by atoms with Crippen molar-refractivity contribution in [1.82, 2.24) is 10.8 Å². The maximum absolute atomic E-state index is 5.68. The lowest BCUT2D eigenvalue weighted by atomic mass is 10.0. The Labute approximate surface area is 109 Å². The third-order valence-electron chi connectivity index (χ3n) is 3.14. The van der Waals surface area contributed by atoms with E-state index in [0.29, 0.717) is 0 Å². The highest BCUT2D eigenvalue weighted by Gasteiger charge is 2.38. The molecule has 90 valence electrons. The number of piperidine rings is 1. The van der Waals surface area contributed by atoms with Crippen molar-refractivity contribution in [1.29, 1.82) is 0 Å². The minimum Gasteiger partial charge on any atom is -0.316 e. The molecule has 1 aromatic rings. The van der Waals surface area contributed by atoms with E-state index in [4.69, 9.17) is 9.83 Å². The van der Waals surface area contributed by atoms with Crippen LogP contribution in [0.15, 0.2) is 33.7 Å². The van der Waals surface area contributed by atoms with Crippen LogP contribution in [0.4, 0.5) is 0 Å². The van der Waals surface area contributed by atoms with Crippen LogP contribution in [0.5, 0.6) is 0 Å². The SMILES string of the molecule is Brc1cccc(C2=NC3(CCNCC3)ON2)c1. The van der Waals surface area contributed by atoms with Gasteiger partial charge in [0.25, 0.3) is 0 Å². The summed E-state index contributed by atoms with van der Waals surface area (Å²) in [5, 5.41) is 3.32. The van der Waals surface area contributed by atoms with Gasteiger partial charge in [0, 0.05) is 22.9 Å². The van der Waals surface area contributed by atoms with Gasteiger partial charge in [-0.25, -0.2) is 15.3 Å². The monoisotopic (exact) mass is 295 g/mol. The summed E-state index contributed by atoms with van der Waals surface area (Å²) in [5.74, 6) is 0.827. The second-order valence-corrected chi connectivity index (χ2v) is 5.29. The number of hydroxylamine groups is 1. The maximum atomic E-state index is 5.68. The standard InChI is InChI=1S/C12H14BrN3O/c13-10-3-1-2-9(8-10)11-15-12(17-16-11)4-6-14-7-5-12/h1-3,8,14H,4-7H2,(H,15,16). The van der Waals surface area contributed by atoms with E-state index in [1.54, 1.807) is 0 Å². The van der Waals surface area contributed by atoms with Crippen LogP contribution in [0.25, 0.3) is 0 Å². The number of benzene rings is 1. The number of rotatable bonds is 1. The fourth-order valence-electron chi connectivity index (χ4n) is 2.18. The van der Waals surface area contributed by atoms with Crippen LogP contribution in [0.2, 0.25) is 0 Å². The molecule has 4 nitrogen and oxygen atoms in total. The van der Waals surface area contributed by atoms with Crippen LogP contribution in [-0.4, -0.2) is 24.7 Å². The Morgan fingerprint density at radius 3 is 2.88 bits per heavy atom. The molecule has 0 aromatic heterocycles. The number of nitrogens with one attached hydrogen (secondary N) is 2. The molecule has 17 heavy (non-hydrogen) atoms. The zero-order valence-corrected chi connectivity index (χ0v) is 11.0. The molecule has 1 spiro atoms. The lowest BCUT2D eigenvalue weighted by molar-refractivity contribution is -0.0720. The molecule has 2 N–H and O–H groups in total. The van der Waals surface area contributed by atoms with Crippen molar-refractivity contribution >= 4 is 21.8 Å². The molecular formula is C12H14BrN3O. The van der Waals surface area contributed by atoms with Gasteiger partial charge in [-0.1, -0.05) is 28.1 Å². The molecule has 0 amide bonds. The van der Waals surface area contributed by atoms with Gasteiger partial charge in [0.1, 0.15) is 0 Å². The first kappa shape index (κ1) is 11.2. The normalized spacial score (nSPS) is 22.3. The summed E-state index contributed by atoms with van der Waals surface area (Å²) < 4.78 is 1.05. The zero-order chi connectivity index (χ0) is 11.7. The van der Waals surface area contributed by atoms with Crippen LogP contribution < -0.4 is 10.8 Å². The summed E-state index contributed by atoms with van der Waals surface area (Å²) in [6.07, 6.45) is 1.83. The summed E-state index contributed by atoms with van der Waals surface area (Å²) in [7, 11) is 0. The molecule has 1 aromatic carbocycles. The highest BCUT2D eigenvalue weighted by molar-refractivity contribution is 9.10. The summed E-state index contributed by atoms with van der Waals surface area (Å²) >= 11 is 3.46. The molecule has 1 saturated heterocycles. The van der Waals surface area contributed by atoms with Gasteiger partial charge in [-0.3, -0.25) is 0 Å². The number of hydrogen-bond acceptors (Lipinski definition) is 4. The molecule has 0 radical (unpaired) electrons. The van der Waals surface area contributed by atoms with Crippen LogP contribution >= 0.6 is 15.9 Å². The molecule has 2 aliphatic rings. The zero-order valence-electron chi connectivity index (χ0n) is 9.37. The Bertz CT molecular complexity index is 455. The second-order valence-electron chi connectivity index (χ2n) is 4.37. The average molecular weight is 296 g/mol. The van der Waals surface area contributed by atoms with Gasteiger partial charge in [-0.15, -0.1) is 0 Å². The van der Waals surface area contributed by atoms with E-state index in [2.05, 4.69) is 26.7 Å². The molecule has 0 bridgehead atoms. The van der Waals surface area contributed by atoms with Crippen LogP contribution in [0.3, 0.4) is 0 Å². The third-order valence-corrected chi connectivity index (χ3v) is 3.63. The average Bonchev–Trinajstić information content (AvgIpc) is 2.74. The summed E-state index contributed by atoms with van der Waals surface area (Å²) in [6.45, 7) is 1.91. The predicted octanol–water partition coefficient (Wildman–Crippen LogP) is 1.81. The molecule has 5 heteroatoms. The number of amidine groups is 1. The third kappa shape index (κ3) is 2.22. The van der Waals surface area contributed by atoms with Gasteiger partial charge in [0.15, 0.2) is 11.6 Å². The van der Waals surface area contributed by atoms with Gasteiger partial charge < -0.3 is 5.32 Å². The Hall–Kier alpha value is -0.910. The molecule has 2 aliphatic heterocycles. The highest BCUT2D eigenvalue weighted by Crippen LogP contribution is 2.28. The van der Waals surface area contributed by atoms with Crippen molar-refractivity contribution in [2.24, 2.45) is 4.99 Å². The van der Waals surface area contributed by atoms with Crippen LogP contribution in [-0.2, 0) is 4.84 Å². The molecule has 0 saturated carbocycles. The molecular weight excluding hydrogens is 282 g/mol. The number of aliphatic imine (C=N–C) groups is 1. The van der Waals surface area contributed by atoms with Crippen molar-refractivity contribution in [3.63, 3.8) is 0 Å². The molecule has 3 rings (SSSR count). The van der Waals surface area contributed by atoms with Gasteiger partial charge >= 0.3 is 0 Å². The van der Waals surface area contributed by atoms with Crippen molar-refractivity contribution in [3.8, 4) is 0 Å². The van der Waals surface area contributed by atoms with Crippen LogP contribution in [0.1, 0.15) is 18.4 Å². The van der Waals surface area contributed by atoms with Crippen LogP contribution in [0, 0.1) is 0 Å². The fraction of sp³-hybridized carbons (Fsp3) is 0.417. The van der Waals surface area contributed by atoms with E-state index in [9.17, 15) is 0 Å². The predicted molar refractivity (Wildman–Crippen MR) is 69.7 cm³/mol. The lowest BCUT2D eigenvalue weighted by Gasteiger charge is -2.28. The van der Waals surface area contributed by atoms with E-state index < -0.39 is 0 Å². The molecule has 2 heterocycles. The Kier molecular flexibility index (Phi) is 2.90. The number of hydrogen-bond donors (Lipinski definition) is 2. The quantitative estimate of drug-likeness (QED) is 0.831. The van der Waals surface area contributed by atoms with E-state index >= 15 is 0 Å². The van der Waals surface area contributed by atoms with E-state index in [1.807, 2.05) is 24.3 Å². The minimum atomic E-state index is -0.358. The van der Waals surface area contributed by atoms with Gasteiger partial charge in [-0.05, 0) is 25.2 Å². The van der Waals surface area contributed by atoms with Gasteiger partial charge in [0.05, 0.1) is 0 Å².